The molecule has 67 heavy (non-hydrogen) atoms. The Kier molecular flexibility index (Phi) is 46.8. The van der Waals surface area contributed by atoms with Crippen molar-refractivity contribution in [3.05, 3.63) is 72.9 Å². The summed E-state index contributed by atoms with van der Waals surface area (Å²) in [4.78, 5) is 37.2. The van der Waals surface area contributed by atoms with Gasteiger partial charge in [0, 0.05) is 12.8 Å². The van der Waals surface area contributed by atoms with Crippen molar-refractivity contribution in [2.24, 2.45) is 0 Å². The number of carboxylic acid groups (broad SMARTS) is 1. The van der Waals surface area contributed by atoms with Crippen molar-refractivity contribution in [2.45, 2.75) is 232 Å². The van der Waals surface area contributed by atoms with Gasteiger partial charge in [0.15, 0.2) is 12.4 Å². The fourth-order valence-electron chi connectivity index (χ4n) is 7.26. The van der Waals surface area contributed by atoms with Crippen LogP contribution in [-0.2, 0) is 33.3 Å². The summed E-state index contributed by atoms with van der Waals surface area (Å²) in [6.45, 7) is 4.62. The Labute approximate surface area is 411 Å². The van der Waals surface area contributed by atoms with Crippen LogP contribution in [0.5, 0.6) is 0 Å². The zero-order valence-electron chi connectivity index (χ0n) is 43.8. The molecule has 0 heterocycles. The molecule has 0 aliphatic carbocycles. The highest BCUT2D eigenvalue weighted by Gasteiger charge is 2.22. The number of hydrogen-bond donors (Lipinski definition) is 0. The first kappa shape index (κ1) is 63.7. The molecule has 9 nitrogen and oxygen atoms in total. The van der Waals surface area contributed by atoms with Gasteiger partial charge >= 0.3 is 11.9 Å². The predicted octanol–water partition coefficient (Wildman–Crippen LogP) is 14.1. The highest BCUT2D eigenvalue weighted by atomic mass is 16.7. The van der Waals surface area contributed by atoms with E-state index in [1.54, 1.807) is 0 Å². The van der Waals surface area contributed by atoms with Gasteiger partial charge in [-0.25, -0.2) is 0 Å². The second-order valence-electron chi connectivity index (χ2n) is 19.1. The van der Waals surface area contributed by atoms with Crippen LogP contribution in [0, 0.1) is 0 Å². The fourth-order valence-corrected chi connectivity index (χ4v) is 7.26. The topological polar surface area (TPSA) is 111 Å². The third kappa shape index (κ3) is 50.4. The maximum Gasteiger partial charge on any atom is 0.306 e. The van der Waals surface area contributed by atoms with Crippen molar-refractivity contribution >= 4 is 17.9 Å². The molecule has 0 bridgehead atoms. The number of likely N-dealkylation sites (N-methyl/N-ethyl adjacent to an activating group) is 1. The van der Waals surface area contributed by atoms with E-state index >= 15 is 0 Å². The molecule has 0 saturated carbocycles. The number of hydrogen-bond acceptors (Lipinski definition) is 8. The van der Waals surface area contributed by atoms with Crippen molar-refractivity contribution in [2.75, 3.05) is 47.5 Å². The van der Waals surface area contributed by atoms with Crippen LogP contribution < -0.4 is 5.11 Å². The van der Waals surface area contributed by atoms with Gasteiger partial charge in [-0.05, 0) is 83.5 Å². The van der Waals surface area contributed by atoms with Crippen molar-refractivity contribution in [1.82, 2.24) is 0 Å². The number of nitrogens with zero attached hydrogens (tertiary/aromatic N) is 1. The number of quaternary nitrogens is 1. The van der Waals surface area contributed by atoms with Gasteiger partial charge < -0.3 is 33.3 Å². The lowest BCUT2D eigenvalue weighted by molar-refractivity contribution is -0.870. The Hall–Kier alpha value is -3.27. The summed E-state index contributed by atoms with van der Waals surface area (Å²) in [5.41, 5.74) is 0. The minimum Gasteiger partial charge on any atom is -0.545 e. The first-order valence-electron chi connectivity index (χ1n) is 27.1. The maximum absolute atomic E-state index is 12.8. The van der Waals surface area contributed by atoms with Crippen LogP contribution in [0.2, 0.25) is 0 Å². The second kappa shape index (κ2) is 49.2. The molecule has 0 rings (SSSR count). The molecule has 2 unspecified atom stereocenters. The van der Waals surface area contributed by atoms with Crippen LogP contribution >= 0.6 is 0 Å². The number of ether oxygens (including phenoxy) is 4. The Morgan fingerprint density at radius 1 is 0.463 bits per heavy atom. The summed E-state index contributed by atoms with van der Waals surface area (Å²) in [5, 5.41) is 11.8. The highest BCUT2D eigenvalue weighted by Crippen LogP contribution is 2.15. The van der Waals surface area contributed by atoms with Crippen LogP contribution in [0.3, 0.4) is 0 Å². The summed E-state index contributed by atoms with van der Waals surface area (Å²) in [5.74, 6) is -2.30. The van der Waals surface area contributed by atoms with Crippen LogP contribution in [0.1, 0.15) is 219 Å². The van der Waals surface area contributed by atoms with Gasteiger partial charge in [-0.1, -0.05) is 196 Å². The molecule has 9 heteroatoms. The number of aliphatic carboxylic acids is 1. The Bertz CT molecular complexity index is 1330. The van der Waals surface area contributed by atoms with Gasteiger partial charge in [0.25, 0.3) is 0 Å². The lowest BCUT2D eigenvalue weighted by Gasteiger charge is -2.26. The normalized spacial score (nSPS) is 13.4. The zero-order valence-corrected chi connectivity index (χ0v) is 43.8. The molecular weight excluding hydrogens is 839 g/mol. The largest absolute Gasteiger partial charge is 0.545 e. The monoisotopic (exact) mass is 940 g/mol. The van der Waals surface area contributed by atoms with E-state index in [0.717, 1.165) is 89.9 Å². The van der Waals surface area contributed by atoms with Gasteiger partial charge in [0.2, 0.25) is 0 Å². The quantitative estimate of drug-likeness (QED) is 0.0195. The molecular formula is C58H101NO8. The Morgan fingerprint density at radius 3 is 1.28 bits per heavy atom. The molecule has 0 amide bonds. The Balaban J connectivity index is 4.32. The zero-order chi connectivity index (χ0) is 49.2. The van der Waals surface area contributed by atoms with Gasteiger partial charge in [0.05, 0.1) is 40.3 Å². The van der Waals surface area contributed by atoms with Crippen molar-refractivity contribution in [3.63, 3.8) is 0 Å². The van der Waals surface area contributed by atoms with E-state index in [4.69, 9.17) is 18.9 Å². The lowest BCUT2D eigenvalue weighted by Crippen LogP contribution is -2.44. The van der Waals surface area contributed by atoms with Crippen LogP contribution in [0.25, 0.3) is 0 Å². The standard InChI is InChI=1S/C58H101NO8/c1-6-8-10-12-14-16-18-20-22-24-25-26-27-28-29-30-31-33-35-37-39-41-43-45-47-49-56(61)67-54(53-66-58(57(62)63)64-51-50-59(3,4)5)52-65-55(60)48-46-44-42-40-38-36-34-32-23-21-19-17-15-13-11-9-7-2/h8,10,14,16,20-23,25-26,28-29,54,58H,6-7,9,11-13,15,17-19,24,27,30-53H2,1-5H3/b10-8-,16-14-,22-20-,23-21-,26-25-,29-28-. The molecule has 0 aromatic rings. The summed E-state index contributed by atoms with van der Waals surface area (Å²) >= 11 is 0. The fraction of sp³-hybridized carbons (Fsp3) is 0.741. The molecule has 0 aliphatic heterocycles. The third-order valence-corrected chi connectivity index (χ3v) is 11.4. The second-order valence-corrected chi connectivity index (χ2v) is 19.1. The molecule has 0 aromatic carbocycles. The molecule has 0 N–H and O–H groups in total. The van der Waals surface area contributed by atoms with Crippen molar-refractivity contribution in [3.8, 4) is 0 Å². The molecule has 0 saturated heterocycles. The summed E-state index contributed by atoms with van der Waals surface area (Å²) in [6, 6.07) is 0. The van der Waals surface area contributed by atoms with E-state index < -0.39 is 24.3 Å². The van der Waals surface area contributed by atoms with Gasteiger partial charge in [-0.2, -0.15) is 0 Å². The number of unbranched alkanes of at least 4 members (excludes halogenated alkanes) is 22. The number of allylic oxidation sites excluding steroid dienone is 12. The number of carbonyl (C=O) groups is 3. The molecule has 0 aromatic heterocycles. The average Bonchev–Trinajstić information content (AvgIpc) is 3.29. The molecule has 386 valence electrons. The molecule has 0 aliphatic rings. The smallest absolute Gasteiger partial charge is 0.306 e. The summed E-state index contributed by atoms with van der Waals surface area (Å²) in [7, 11) is 5.91. The first-order valence-corrected chi connectivity index (χ1v) is 27.1. The van der Waals surface area contributed by atoms with Crippen LogP contribution in [-0.4, -0.2) is 82.3 Å². The molecule has 0 radical (unpaired) electrons. The highest BCUT2D eigenvalue weighted by molar-refractivity contribution is 5.70. The average molecular weight is 940 g/mol. The Morgan fingerprint density at radius 2 is 0.851 bits per heavy atom. The van der Waals surface area contributed by atoms with E-state index in [1.165, 1.54) is 96.3 Å². The molecule has 0 spiro atoms. The van der Waals surface area contributed by atoms with Gasteiger partial charge in [-0.15, -0.1) is 0 Å². The number of carboxylic acids is 1. The van der Waals surface area contributed by atoms with Crippen LogP contribution in [0.4, 0.5) is 0 Å². The first-order chi connectivity index (χ1) is 32.6. The van der Waals surface area contributed by atoms with E-state index in [1.807, 2.05) is 21.1 Å². The van der Waals surface area contributed by atoms with Crippen LogP contribution in [0.15, 0.2) is 72.9 Å². The summed E-state index contributed by atoms with van der Waals surface area (Å²) in [6.07, 6.45) is 59.3. The van der Waals surface area contributed by atoms with Gasteiger partial charge in [-0.3, -0.25) is 9.59 Å². The maximum atomic E-state index is 12.8. The summed E-state index contributed by atoms with van der Waals surface area (Å²) < 4.78 is 22.7. The molecule has 0 fully saturated rings. The van der Waals surface area contributed by atoms with E-state index in [0.29, 0.717) is 17.4 Å². The number of carbonyl (C=O) groups excluding carboxylic acids is 3. The minimum absolute atomic E-state index is 0.143. The van der Waals surface area contributed by atoms with E-state index in [-0.39, 0.29) is 38.6 Å². The third-order valence-electron chi connectivity index (χ3n) is 11.4. The van der Waals surface area contributed by atoms with Gasteiger partial charge in [0.1, 0.15) is 13.2 Å². The predicted molar refractivity (Wildman–Crippen MR) is 278 cm³/mol. The molecule has 2 atom stereocenters. The lowest BCUT2D eigenvalue weighted by atomic mass is 10.1. The van der Waals surface area contributed by atoms with E-state index in [2.05, 4.69) is 86.8 Å². The number of rotatable bonds is 49. The van der Waals surface area contributed by atoms with E-state index in [9.17, 15) is 19.5 Å². The van der Waals surface area contributed by atoms with Crippen molar-refractivity contribution < 1.29 is 42.9 Å². The number of esters is 2. The minimum atomic E-state index is -1.63. The SMILES string of the molecule is CC/C=C\C/C=C\C/C=C\C/C=C\C/C=C\CCCCCCCCCCCC(=O)OC(COC(=O)CCCCCCCCC/C=C\CCCCCCCC)COC(OCC[N+](C)(C)C)C(=O)[O-]. The van der Waals surface area contributed by atoms with Crippen molar-refractivity contribution in [1.29, 1.82) is 0 Å².